The van der Waals surface area contributed by atoms with Crippen LogP contribution in [0.5, 0.6) is 0 Å². The van der Waals surface area contributed by atoms with Gasteiger partial charge in [0.05, 0.1) is 23.8 Å². The van der Waals surface area contributed by atoms with E-state index in [1.165, 1.54) is 21.3 Å². The number of carbonyl (C=O) groups is 2. The van der Waals surface area contributed by atoms with Gasteiger partial charge in [-0.15, -0.1) is 16.4 Å². The second-order valence-electron chi connectivity index (χ2n) is 4.98. The van der Waals surface area contributed by atoms with Crippen LogP contribution in [0.2, 0.25) is 0 Å². The molecule has 1 unspecified atom stereocenters. The first-order chi connectivity index (χ1) is 9.34. The van der Waals surface area contributed by atoms with Crippen molar-refractivity contribution in [3.05, 3.63) is 10.6 Å². The number of hydrazone groups is 1. The Hall–Kier alpha value is -1.54. The molecule has 7 nitrogen and oxygen atoms in total. The number of carboxylic acids is 1. The van der Waals surface area contributed by atoms with Crippen molar-refractivity contribution < 1.29 is 24.5 Å². The number of carbonyl (C=O) groups excluding carboxylic acids is 1. The zero-order valence-corrected chi connectivity index (χ0v) is 12.0. The molecular formula is C12H18N3O4S+. The Morgan fingerprint density at radius 2 is 2.35 bits per heavy atom. The summed E-state index contributed by atoms with van der Waals surface area (Å²) < 4.78 is 1.28. The van der Waals surface area contributed by atoms with E-state index in [0.717, 1.165) is 0 Å². The Morgan fingerprint density at radius 1 is 1.70 bits per heavy atom. The molecular weight excluding hydrogens is 282 g/mol. The van der Waals surface area contributed by atoms with E-state index in [2.05, 4.69) is 6.72 Å². The lowest BCUT2D eigenvalue weighted by molar-refractivity contribution is -0.526. The highest BCUT2D eigenvalue weighted by atomic mass is 32.2. The molecule has 1 amide bonds. The van der Waals surface area contributed by atoms with Crippen molar-refractivity contribution in [1.29, 1.82) is 0 Å². The van der Waals surface area contributed by atoms with E-state index in [1.54, 1.807) is 6.92 Å². The highest BCUT2D eigenvalue weighted by Gasteiger charge is 2.56. The van der Waals surface area contributed by atoms with Crippen molar-refractivity contribution in [2.24, 2.45) is 11.8 Å². The second kappa shape index (κ2) is 5.45. The topological polar surface area (TPSA) is 107 Å². The molecule has 0 aromatic heterocycles. The first-order valence-corrected chi connectivity index (χ1v) is 7.26. The maximum absolute atomic E-state index is 11.9. The fourth-order valence-corrected chi connectivity index (χ4v) is 3.83. The highest BCUT2D eigenvalue weighted by molar-refractivity contribution is 8.03. The number of amides is 1. The molecule has 0 radical (unpaired) electrons. The van der Waals surface area contributed by atoms with Crippen LogP contribution in [0.15, 0.2) is 10.6 Å². The summed E-state index contributed by atoms with van der Waals surface area (Å²) in [5.74, 6) is 4.09. The van der Waals surface area contributed by atoms with E-state index < -0.39 is 18.0 Å². The molecule has 1 fully saturated rings. The van der Waals surface area contributed by atoms with Crippen LogP contribution in [0.1, 0.15) is 13.3 Å². The van der Waals surface area contributed by atoms with Crippen LogP contribution in [0, 0.1) is 5.92 Å². The third kappa shape index (κ3) is 2.40. The summed E-state index contributed by atoms with van der Waals surface area (Å²) >= 11 is 1.37. The van der Waals surface area contributed by atoms with Crippen LogP contribution < -0.4 is 5.84 Å². The first kappa shape index (κ1) is 14.9. The molecule has 0 aromatic rings. The van der Waals surface area contributed by atoms with Gasteiger partial charge in [0.25, 0.3) is 0 Å². The number of aliphatic hydroxyl groups excluding tert-OH is 1. The number of aliphatic hydroxyl groups is 1. The Morgan fingerprint density at radius 3 is 2.85 bits per heavy atom. The van der Waals surface area contributed by atoms with Gasteiger partial charge >= 0.3 is 5.97 Å². The van der Waals surface area contributed by atoms with E-state index >= 15 is 0 Å². The molecule has 0 bridgehead atoms. The molecule has 1 saturated heterocycles. The van der Waals surface area contributed by atoms with Gasteiger partial charge in [-0.2, -0.15) is 0 Å². The predicted molar refractivity (Wildman–Crippen MR) is 74.0 cm³/mol. The van der Waals surface area contributed by atoms with Crippen LogP contribution in [-0.2, 0) is 9.59 Å². The Kier molecular flexibility index (Phi) is 4.05. The fraction of sp³-hybridized carbons (Fsp3) is 0.583. The fourth-order valence-electron chi connectivity index (χ4n) is 2.65. The number of hydrogen-bond donors (Lipinski definition) is 3. The van der Waals surface area contributed by atoms with Gasteiger partial charge in [0, 0.05) is 11.3 Å². The molecule has 4 N–H and O–H groups in total. The molecule has 8 heteroatoms. The Labute approximate surface area is 120 Å². The van der Waals surface area contributed by atoms with E-state index in [0.29, 0.717) is 23.6 Å². The van der Waals surface area contributed by atoms with Crippen molar-refractivity contribution >= 4 is 30.4 Å². The van der Waals surface area contributed by atoms with Gasteiger partial charge in [0.1, 0.15) is 5.70 Å². The van der Waals surface area contributed by atoms with Gasteiger partial charge in [-0.05, 0) is 6.92 Å². The highest BCUT2D eigenvalue weighted by Crippen LogP contribution is 2.46. The smallest absolute Gasteiger partial charge is 0.353 e. The van der Waals surface area contributed by atoms with Crippen LogP contribution in [0.25, 0.3) is 0 Å². The number of aliphatic carboxylic acids is 1. The lowest BCUT2D eigenvalue weighted by Gasteiger charge is -2.44. The molecule has 2 heterocycles. The molecule has 0 saturated carbocycles. The molecule has 2 rings (SSSR count). The van der Waals surface area contributed by atoms with E-state index in [1.807, 2.05) is 0 Å². The number of hydrazine groups is 1. The van der Waals surface area contributed by atoms with Gasteiger partial charge in [-0.3, -0.25) is 4.79 Å². The van der Waals surface area contributed by atoms with Gasteiger partial charge in [-0.25, -0.2) is 10.6 Å². The minimum Gasteiger partial charge on any atom is -0.477 e. The maximum Gasteiger partial charge on any atom is 0.353 e. The van der Waals surface area contributed by atoms with Gasteiger partial charge in [0.15, 0.2) is 13.3 Å². The van der Waals surface area contributed by atoms with Gasteiger partial charge < -0.3 is 15.1 Å². The molecule has 2 aliphatic rings. The zero-order valence-electron chi connectivity index (χ0n) is 11.2. The zero-order chi connectivity index (χ0) is 15.0. The van der Waals surface area contributed by atoms with Crippen LogP contribution >= 0.6 is 11.8 Å². The number of nitrogens with two attached hydrogens (primary N) is 1. The third-order valence-electron chi connectivity index (χ3n) is 3.55. The SMILES string of the molecule is C=[N+](N)CCSC1=C(C(=O)O)N2C(=O)[C@H](C(C)O)[C@H]2C1. The predicted octanol–water partition coefficient (Wildman–Crippen LogP) is -0.786. The minimum atomic E-state index is -1.10. The minimum absolute atomic E-state index is 0.0505. The lowest BCUT2D eigenvalue weighted by Crippen LogP contribution is -2.61. The number of rotatable bonds is 6. The third-order valence-corrected chi connectivity index (χ3v) is 4.64. The summed E-state index contributed by atoms with van der Waals surface area (Å²) in [6.45, 7) is 5.58. The van der Waals surface area contributed by atoms with Gasteiger partial charge in [-0.1, -0.05) is 0 Å². The molecule has 0 aliphatic carbocycles. The largest absolute Gasteiger partial charge is 0.477 e. The number of β-lactam (4-membered cyclic amide) rings is 1. The monoisotopic (exact) mass is 300 g/mol. The number of carboxylic acid groups (broad SMARTS) is 1. The van der Waals surface area contributed by atoms with Crippen molar-refractivity contribution in [3.63, 3.8) is 0 Å². The average Bonchev–Trinajstić information content (AvgIpc) is 2.63. The summed E-state index contributed by atoms with van der Waals surface area (Å²) in [7, 11) is 0. The summed E-state index contributed by atoms with van der Waals surface area (Å²) in [5, 5.41) is 18.9. The molecule has 110 valence electrons. The number of hydrogen-bond acceptors (Lipinski definition) is 5. The van der Waals surface area contributed by atoms with Crippen molar-refractivity contribution in [3.8, 4) is 0 Å². The Balaban J connectivity index is 2.13. The van der Waals surface area contributed by atoms with Gasteiger partial charge in [0.2, 0.25) is 5.91 Å². The van der Waals surface area contributed by atoms with Crippen molar-refractivity contribution in [1.82, 2.24) is 4.90 Å². The standard InChI is InChI=1S/C12H17N3O4S/c1-6(16)9-7-5-8(20-4-3-14(2)13)10(12(18)19)15(7)11(9)17/h6-7,9,16H,2-5,13H2,1H3/p+1/t6?,7-,9-/m1/s1. The normalized spacial score (nSPS) is 26.3. The summed E-state index contributed by atoms with van der Waals surface area (Å²) in [5.41, 5.74) is 0.0505. The van der Waals surface area contributed by atoms with Crippen LogP contribution in [0.3, 0.4) is 0 Å². The molecule has 2 aliphatic heterocycles. The summed E-state index contributed by atoms with van der Waals surface area (Å²) in [6.07, 6.45) is -0.280. The van der Waals surface area contributed by atoms with E-state index in [-0.39, 0.29) is 17.6 Å². The van der Waals surface area contributed by atoms with Crippen molar-refractivity contribution in [2.75, 3.05) is 12.3 Å². The quantitative estimate of drug-likeness (QED) is 0.195. The number of thioether (sulfide) groups is 1. The Bertz CT molecular complexity index is 503. The molecule has 0 aromatic carbocycles. The molecule has 20 heavy (non-hydrogen) atoms. The lowest BCUT2D eigenvalue weighted by atomic mass is 9.83. The second-order valence-corrected chi connectivity index (χ2v) is 6.17. The number of nitrogens with zero attached hydrogens (tertiary/aromatic N) is 2. The molecule has 0 spiro atoms. The van der Waals surface area contributed by atoms with Crippen molar-refractivity contribution in [2.45, 2.75) is 25.5 Å². The average molecular weight is 300 g/mol. The van der Waals surface area contributed by atoms with Crippen LogP contribution in [-0.4, -0.2) is 62.8 Å². The van der Waals surface area contributed by atoms with E-state index in [9.17, 15) is 19.8 Å². The molecule has 3 atom stereocenters. The summed E-state index contributed by atoms with van der Waals surface area (Å²) in [6, 6.07) is -0.232. The number of fused-ring (bicyclic) bond motifs is 1. The maximum atomic E-state index is 11.9. The summed E-state index contributed by atoms with van der Waals surface area (Å²) in [4.78, 5) is 25.3. The van der Waals surface area contributed by atoms with E-state index in [4.69, 9.17) is 5.84 Å². The first-order valence-electron chi connectivity index (χ1n) is 6.27. The van der Waals surface area contributed by atoms with Crippen LogP contribution in [0.4, 0.5) is 0 Å².